The van der Waals surface area contributed by atoms with Crippen molar-refractivity contribution >= 4 is 5.82 Å². The summed E-state index contributed by atoms with van der Waals surface area (Å²) in [5, 5.41) is 12.1. The topological polar surface area (TPSA) is 70.4 Å². The molecular formula is C19H21FN4O2. The molecule has 7 heteroatoms. The van der Waals surface area contributed by atoms with Crippen molar-refractivity contribution in [3.8, 4) is 11.9 Å². The molecular weight excluding hydrogens is 335 g/mol. The Kier molecular flexibility index (Phi) is 6.00. The largest absolute Gasteiger partial charge is 0.473 e. The fraction of sp³-hybridized carbons (Fsp3) is 0.368. The summed E-state index contributed by atoms with van der Waals surface area (Å²) in [7, 11) is 1.64. The smallest absolute Gasteiger partial charge is 0.215 e. The zero-order chi connectivity index (χ0) is 18.4. The standard InChI is InChI=1S/C19H21FN4O2/c1-25-12-15-9-18(24-6-4-22-5-7-24)23-19(10-15)26-13-16-3-2-14(11-21)8-17(16)20/h2-3,8-10,22H,4-7,12-13H2,1H3. The molecule has 0 aliphatic carbocycles. The van der Waals surface area contributed by atoms with Crippen LogP contribution in [0.5, 0.6) is 5.88 Å². The zero-order valence-corrected chi connectivity index (χ0v) is 14.7. The highest BCUT2D eigenvalue weighted by molar-refractivity contribution is 5.45. The van der Waals surface area contributed by atoms with Crippen LogP contribution in [0.4, 0.5) is 10.2 Å². The van der Waals surface area contributed by atoms with Crippen molar-refractivity contribution in [2.24, 2.45) is 0 Å². The zero-order valence-electron chi connectivity index (χ0n) is 14.7. The first-order valence-electron chi connectivity index (χ1n) is 8.46. The lowest BCUT2D eigenvalue weighted by atomic mass is 10.1. The molecule has 0 radical (unpaired) electrons. The number of nitriles is 1. The van der Waals surface area contributed by atoms with Gasteiger partial charge in [0.15, 0.2) is 0 Å². The van der Waals surface area contributed by atoms with E-state index in [0.717, 1.165) is 37.6 Å². The van der Waals surface area contributed by atoms with Crippen molar-refractivity contribution in [3.05, 3.63) is 52.8 Å². The maximum absolute atomic E-state index is 14.0. The van der Waals surface area contributed by atoms with E-state index in [1.807, 2.05) is 12.1 Å². The highest BCUT2D eigenvalue weighted by Crippen LogP contribution is 2.22. The average molecular weight is 356 g/mol. The summed E-state index contributed by atoms with van der Waals surface area (Å²) >= 11 is 0. The number of methoxy groups -OCH3 is 1. The van der Waals surface area contributed by atoms with Crippen LogP contribution >= 0.6 is 0 Å². The second kappa shape index (κ2) is 8.61. The van der Waals surface area contributed by atoms with E-state index >= 15 is 0 Å². The van der Waals surface area contributed by atoms with Crippen LogP contribution in [0.1, 0.15) is 16.7 Å². The molecule has 1 aliphatic heterocycles. The van der Waals surface area contributed by atoms with Crippen LogP contribution in [0, 0.1) is 17.1 Å². The van der Waals surface area contributed by atoms with E-state index < -0.39 is 5.82 Å². The van der Waals surface area contributed by atoms with Gasteiger partial charge in [-0.3, -0.25) is 0 Å². The summed E-state index contributed by atoms with van der Waals surface area (Å²) < 4.78 is 25.0. The third kappa shape index (κ3) is 4.48. The van der Waals surface area contributed by atoms with Crippen LogP contribution in [-0.2, 0) is 18.0 Å². The number of benzene rings is 1. The van der Waals surface area contributed by atoms with Gasteiger partial charge in [-0.25, -0.2) is 4.39 Å². The first kappa shape index (κ1) is 18.1. The van der Waals surface area contributed by atoms with Gasteiger partial charge in [0.1, 0.15) is 18.2 Å². The van der Waals surface area contributed by atoms with Gasteiger partial charge in [0.2, 0.25) is 5.88 Å². The van der Waals surface area contributed by atoms with Crippen molar-refractivity contribution in [2.45, 2.75) is 13.2 Å². The van der Waals surface area contributed by atoms with Crippen molar-refractivity contribution in [1.82, 2.24) is 10.3 Å². The molecule has 26 heavy (non-hydrogen) atoms. The van der Waals surface area contributed by atoms with E-state index in [0.29, 0.717) is 18.1 Å². The number of pyridine rings is 1. The van der Waals surface area contributed by atoms with Crippen molar-refractivity contribution in [2.75, 3.05) is 38.2 Å². The summed E-state index contributed by atoms with van der Waals surface area (Å²) in [4.78, 5) is 6.75. The Morgan fingerprint density at radius 1 is 1.23 bits per heavy atom. The highest BCUT2D eigenvalue weighted by atomic mass is 19.1. The third-order valence-corrected chi connectivity index (χ3v) is 4.16. The Hall–Kier alpha value is -2.69. The van der Waals surface area contributed by atoms with Gasteiger partial charge >= 0.3 is 0 Å². The Bertz CT molecular complexity index is 801. The summed E-state index contributed by atoms with van der Waals surface area (Å²) in [6.07, 6.45) is 0. The van der Waals surface area contributed by atoms with E-state index in [9.17, 15) is 4.39 Å². The number of nitrogens with zero attached hydrogens (tertiary/aromatic N) is 3. The van der Waals surface area contributed by atoms with Gasteiger partial charge in [-0.1, -0.05) is 6.07 Å². The Morgan fingerprint density at radius 2 is 2.04 bits per heavy atom. The second-order valence-corrected chi connectivity index (χ2v) is 6.05. The molecule has 1 aromatic carbocycles. The number of piperazine rings is 1. The van der Waals surface area contributed by atoms with E-state index in [2.05, 4.69) is 15.2 Å². The maximum Gasteiger partial charge on any atom is 0.215 e. The lowest BCUT2D eigenvalue weighted by Crippen LogP contribution is -2.43. The van der Waals surface area contributed by atoms with Crippen LogP contribution < -0.4 is 15.0 Å². The predicted octanol–water partition coefficient (Wildman–Crippen LogP) is 2.23. The summed E-state index contributed by atoms with van der Waals surface area (Å²) in [6, 6.07) is 10.0. The fourth-order valence-corrected chi connectivity index (χ4v) is 2.81. The molecule has 1 aromatic heterocycles. The molecule has 2 aromatic rings. The molecule has 0 bridgehead atoms. The molecule has 1 saturated heterocycles. The van der Waals surface area contributed by atoms with E-state index in [1.165, 1.54) is 6.07 Å². The van der Waals surface area contributed by atoms with E-state index in [4.69, 9.17) is 14.7 Å². The van der Waals surface area contributed by atoms with Crippen LogP contribution in [-0.4, -0.2) is 38.3 Å². The van der Waals surface area contributed by atoms with Crippen molar-refractivity contribution < 1.29 is 13.9 Å². The summed E-state index contributed by atoms with van der Waals surface area (Å²) in [5.74, 6) is 0.799. The van der Waals surface area contributed by atoms with Gasteiger partial charge in [-0.15, -0.1) is 0 Å². The van der Waals surface area contributed by atoms with Gasteiger partial charge < -0.3 is 19.7 Å². The minimum absolute atomic E-state index is 0.0436. The van der Waals surface area contributed by atoms with Crippen LogP contribution in [0.25, 0.3) is 0 Å². The molecule has 0 atom stereocenters. The number of anilines is 1. The molecule has 1 N–H and O–H groups in total. The number of nitrogens with one attached hydrogen (secondary N) is 1. The fourth-order valence-electron chi connectivity index (χ4n) is 2.81. The predicted molar refractivity (Wildman–Crippen MR) is 95.5 cm³/mol. The maximum atomic E-state index is 14.0. The van der Waals surface area contributed by atoms with Gasteiger partial charge in [0, 0.05) is 44.9 Å². The summed E-state index contributed by atoms with van der Waals surface area (Å²) in [6.45, 7) is 4.04. The number of hydrogen-bond acceptors (Lipinski definition) is 6. The van der Waals surface area contributed by atoms with E-state index in [1.54, 1.807) is 25.3 Å². The number of halogens is 1. The third-order valence-electron chi connectivity index (χ3n) is 4.16. The first-order valence-corrected chi connectivity index (χ1v) is 8.46. The van der Waals surface area contributed by atoms with Gasteiger partial charge in [-0.05, 0) is 23.8 Å². The Morgan fingerprint density at radius 3 is 2.73 bits per heavy atom. The van der Waals surface area contributed by atoms with Crippen molar-refractivity contribution in [3.63, 3.8) is 0 Å². The molecule has 136 valence electrons. The van der Waals surface area contributed by atoms with Crippen LogP contribution in [0.2, 0.25) is 0 Å². The normalized spacial score (nSPS) is 14.1. The van der Waals surface area contributed by atoms with Crippen LogP contribution in [0.3, 0.4) is 0 Å². The van der Waals surface area contributed by atoms with Gasteiger partial charge in [0.05, 0.1) is 18.2 Å². The minimum atomic E-state index is -0.459. The van der Waals surface area contributed by atoms with Crippen LogP contribution in [0.15, 0.2) is 30.3 Å². The Balaban J connectivity index is 1.77. The van der Waals surface area contributed by atoms with Gasteiger partial charge in [-0.2, -0.15) is 10.2 Å². The molecule has 3 rings (SSSR count). The molecule has 1 fully saturated rings. The number of hydrogen-bond donors (Lipinski definition) is 1. The first-order chi connectivity index (χ1) is 12.7. The monoisotopic (exact) mass is 356 g/mol. The summed E-state index contributed by atoms with van der Waals surface area (Å²) in [5.41, 5.74) is 1.62. The van der Waals surface area contributed by atoms with Gasteiger partial charge in [0.25, 0.3) is 0 Å². The molecule has 6 nitrogen and oxygen atoms in total. The number of ether oxygens (including phenoxy) is 2. The molecule has 0 spiro atoms. The van der Waals surface area contributed by atoms with Crippen molar-refractivity contribution in [1.29, 1.82) is 5.26 Å². The number of aromatic nitrogens is 1. The lowest BCUT2D eigenvalue weighted by Gasteiger charge is -2.29. The minimum Gasteiger partial charge on any atom is -0.473 e. The highest BCUT2D eigenvalue weighted by Gasteiger charge is 2.14. The number of rotatable bonds is 6. The van der Waals surface area contributed by atoms with E-state index in [-0.39, 0.29) is 12.2 Å². The Labute approximate surface area is 152 Å². The quantitative estimate of drug-likeness (QED) is 0.856. The SMILES string of the molecule is COCc1cc(OCc2ccc(C#N)cc2F)nc(N2CCNCC2)c1. The average Bonchev–Trinajstić information content (AvgIpc) is 2.68. The molecule has 0 amide bonds. The lowest BCUT2D eigenvalue weighted by molar-refractivity contribution is 0.184. The molecule has 0 unspecified atom stereocenters. The molecule has 2 heterocycles. The second-order valence-electron chi connectivity index (χ2n) is 6.05. The molecule has 0 saturated carbocycles. The molecule has 1 aliphatic rings.